The van der Waals surface area contributed by atoms with Gasteiger partial charge in [-0.3, -0.25) is 0 Å². The number of sulfonamides is 1. The van der Waals surface area contributed by atoms with E-state index in [1.807, 2.05) is 0 Å². The molecule has 0 radical (unpaired) electrons. The molecule has 1 heterocycles. The molecule has 1 aromatic heterocycles. The van der Waals surface area contributed by atoms with Gasteiger partial charge in [-0.05, 0) is 37.8 Å². The molecule has 0 bridgehead atoms. The van der Waals surface area contributed by atoms with Crippen LogP contribution in [0.1, 0.15) is 23.3 Å². The minimum atomic E-state index is -4.54. The lowest BCUT2D eigenvalue weighted by Crippen LogP contribution is -2.40. The summed E-state index contributed by atoms with van der Waals surface area (Å²) in [6.07, 6.45) is -3.57. The minimum Gasteiger partial charge on any atom is -0.315 e. The van der Waals surface area contributed by atoms with Crippen LogP contribution in [-0.4, -0.2) is 38.5 Å². The summed E-state index contributed by atoms with van der Waals surface area (Å²) in [5, 5.41) is 4.51. The van der Waals surface area contributed by atoms with Gasteiger partial charge in [0.15, 0.2) is 0 Å². The maximum absolute atomic E-state index is 12.7. The number of aryl methyl sites for hydroxylation is 1. The van der Waals surface area contributed by atoms with Crippen LogP contribution in [0.25, 0.3) is 0 Å². The van der Waals surface area contributed by atoms with E-state index in [0.29, 0.717) is 34.1 Å². The standard InChI is InChI=1S/C12H17F3N2O2S2/c1-8-6-20-10(5-16-2)11(8)21(18,19)17(9-3-4-9)7-12(13,14)15/h6,9,16H,3-5,7H2,1-2H3. The predicted molar refractivity (Wildman–Crippen MR) is 74.8 cm³/mol. The van der Waals surface area contributed by atoms with Crippen molar-refractivity contribution < 1.29 is 21.6 Å². The van der Waals surface area contributed by atoms with Gasteiger partial charge in [-0.2, -0.15) is 17.5 Å². The zero-order valence-electron chi connectivity index (χ0n) is 11.7. The maximum atomic E-state index is 12.7. The Hall–Kier alpha value is -0.640. The summed E-state index contributed by atoms with van der Waals surface area (Å²) in [4.78, 5) is 0.570. The van der Waals surface area contributed by atoms with Gasteiger partial charge in [0.25, 0.3) is 0 Å². The van der Waals surface area contributed by atoms with Crippen LogP contribution in [0, 0.1) is 6.92 Å². The number of nitrogens with one attached hydrogen (secondary N) is 1. The molecule has 1 aliphatic carbocycles. The largest absolute Gasteiger partial charge is 0.402 e. The van der Waals surface area contributed by atoms with E-state index in [2.05, 4.69) is 5.32 Å². The molecule has 0 amide bonds. The van der Waals surface area contributed by atoms with E-state index in [0.717, 1.165) is 0 Å². The van der Waals surface area contributed by atoms with E-state index < -0.39 is 28.8 Å². The second-order valence-corrected chi connectivity index (χ2v) is 7.89. The molecule has 0 aromatic carbocycles. The van der Waals surface area contributed by atoms with Crippen LogP contribution in [-0.2, 0) is 16.6 Å². The summed E-state index contributed by atoms with van der Waals surface area (Å²) in [7, 11) is -2.46. The normalized spacial score (nSPS) is 16.7. The first-order valence-corrected chi connectivity index (χ1v) is 8.79. The van der Waals surface area contributed by atoms with Crippen molar-refractivity contribution in [3.63, 3.8) is 0 Å². The molecule has 0 spiro atoms. The topological polar surface area (TPSA) is 49.4 Å². The fraction of sp³-hybridized carbons (Fsp3) is 0.667. The number of nitrogens with zero attached hydrogens (tertiary/aromatic N) is 1. The molecule has 1 fully saturated rings. The Morgan fingerprint density at radius 2 is 2.05 bits per heavy atom. The lowest BCUT2D eigenvalue weighted by Gasteiger charge is -2.24. The van der Waals surface area contributed by atoms with E-state index in [9.17, 15) is 21.6 Å². The third-order valence-corrected chi connectivity index (χ3v) is 6.55. The zero-order chi connectivity index (χ0) is 15.8. The van der Waals surface area contributed by atoms with E-state index in [1.54, 1.807) is 19.4 Å². The first-order valence-electron chi connectivity index (χ1n) is 6.47. The second kappa shape index (κ2) is 5.86. The Morgan fingerprint density at radius 1 is 1.43 bits per heavy atom. The van der Waals surface area contributed by atoms with Crippen molar-refractivity contribution in [2.75, 3.05) is 13.6 Å². The second-order valence-electron chi connectivity index (χ2n) is 5.10. The fourth-order valence-corrected chi connectivity index (χ4v) is 5.63. The summed E-state index contributed by atoms with van der Waals surface area (Å²) >= 11 is 1.25. The Bertz CT molecular complexity index is 607. The predicted octanol–water partition coefficient (Wildman–Crippen LogP) is 2.49. The summed E-state index contributed by atoms with van der Waals surface area (Å²) in [5.41, 5.74) is 0.498. The average Bonchev–Trinajstić information content (AvgIpc) is 3.10. The molecular weight excluding hydrogens is 325 g/mol. The van der Waals surface area contributed by atoms with E-state index in [4.69, 9.17) is 0 Å². The van der Waals surface area contributed by atoms with Crippen molar-refractivity contribution in [3.05, 3.63) is 15.8 Å². The Balaban J connectivity index is 2.41. The van der Waals surface area contributed by atoms with Crippen molar-refractivity contribution in [1.82, 2.24) is 9.62 Å². The van der Waals surface area contributed by atoms with Crippen LogP contribution >= 0.6 is 11.3 Å². The molecule has 21 heavy (non-hydrogen) atoms. The molecule has 1 aromatic rings. The van der Waals surface area contributed by atoms with Crippen molar-refractivity contribution >= 4 is 21.4 Å². The van der Waals surface area contributed by atoms with Gasteiger partial charge in [-0.1, -0.05) is 0 Å². The van der Waals surface area contributed by atoms with E-state index in [-0.39, 0.29) is 4.90 Å². The van der Waals surface area contributed by atoms with Crippen molar-refractivity contribution in [2.45, 2.75) is 43.4 Å². The van der Waals surface area contributed by atoms with Crippen molar-refractivity contribution in [1.29, 1.82) is 0 Å². The first-order chi connectivity index (χ1) is 9.66. The molecule has 2 rings (SSSR count). The number of hydrogen-bond donors (Lipinski definition) is 1. The fourth-order valence-electron chi connectivity index (χ4n) is 2.18. The number of alkyl halides is 3. The third-order valence-electron chi connectivity index (χ3n) is 3.18. The molecule has 9 heteroatoms. The number of thiophene rings is 1. The molecule has 1 N–H and O–H groups in total. The van der Waals surface area contributed by atoms with Gasteiger partial charge >= 0.3 is 6.18 Å². The summed E-state index contributed by atoms with van der Waals surface area (Å²) in [6, 6.07) is -0.529. The summed E-state index contributed by atoms with van der Waals surface area (Å²) in [5.74, 6) is 0. The SMILES string of the molecule is CNCc1scc(C)c1S(=O)(=O)N(CC(F)(F)F)C1CC1. The van der Waals surface area contributed by atoms with E-state index >= 15 is 0 Å². The molecule has 1 saturated carbocycles. The Labute approximate surface area is 126 Å². The first kappa shape index (κ1) is 16.7. The molecule has 4 nitrogen and oxygen atoms in total. The van der Waals surface area contributed by atoms with Crippen LogP contribution in [0.15, 0.2) is 10.3 Å². The lowest BCUT2D eigenvalue weighted by atomic mass is 10.3. The molecule has 0 saturated heterocycles. The Kier molecular flexibility index (Phi) is 4.67. The molecule has 0 aliphatic heterocycles. The average molecular weight is 342 g/mol. The smallest absolute Gasteiger partial charge is 0.315 e. The highest BCUT2D eigenvalue weighted by Gasteiger charge is 2.45. The molecule has 120 valence electrons. The highest BCUT2D eigenvalue weighted by atomic mass is 32.2. The number of halogens is 3. The highest BCUT2D eigenvalue weighted by Crippen LogP contribution is 2.38. The van der Waals surface area contributed by atoms with Crippen LogP contribution in [0.5, 0.6) is 0 Å². The van der Waals surface area contributed by atoms with Gasteiger partial charge in [0.2, 0.25) is 10.0 Å². The molecule has 1 aliphatic rings. The van der Waals surface area contributed by atoms with Crippen LogP contribution in [0.2, 0.25) is 0 Å². The molecule has 0 unspecified atom stereocenters. The number of hydrogen-bond acceptors (Lipinski definition) is 4. The summed E-state index contributed by atoms with van der Waals surface area (Å²) in [6.45, 7) is 0.507. The monoisotopic (exact) mass is 342 g/mol. The van der Waals surface area contributed by atoms with Gasteiger partial charge in [0.05, 0.1) is 0 Å². The van der Waals surface area contributed by atoms with Gasteiger partial charge in [-0.15, -0.1) is 11.3 Å². The van der Waals surface area contributed by atoms with Gasteiger partial charge in [-0.25, -0.2) is 8.42 Å². The van der Waals surface area contributed by atoms with Crippen molar-refractivity contribution in [2.24, 2.45) is 0 Å². The third kappa shape index (κ3) is 3.77. The zero-order valence-corrected chi connectivity index (χ0v) is 13.3. The van der Waals surface area contributed by atoms with Gasteiger partial charge < -0.3 is 5.32 Å². The van der Waals surface area contributed by atoms with Crippen LogP contribution < -0.4 is 5.32 Å². The number of rotatable bonds is 6. The van der Waals surface area contributed by atoms with Gasteiger partial charge in [0.1, 0.15) is 11.4 Å². The van der Waals surface area contributed by atoms with Crippen molar-refractivity contribution in [3.8, 4) is 0 Å². The summed E-state index contributed by atoms with van der Waals surface area (Å²) < 4.78 is 64.1. The quantitative estimate of drug-likeness (QED) is 0.864. The minimum absolute atomic E-state index is 0.0259. The van der Waals surface area contributed by atoms with Crippen LogP contribution in [0.4, 0.5) is 13.2 Å². The lowest BCUT2D eigenvalue weighted by molar-refractivity contribution is -0.137. The van der Waals surface area contributed by atoms with Gasteiger partial charge in [0, 0.05) is 17.5 Å². The Morgan fingerprint density at radius 3 is 2.52 bits per heavy atom. The van der Waals surface area contributed by atoms with Crippen LogP contribution in [0.3, 0.4) is 0 Å². The maximum Gasteiger partial charge on any atom is 0.402 e. The molecule has 0 atom stereocenters. The highest BCUT2D eigenvalue weighted by molar-refractivity contribution is 7.89. The van der Waals surface area contributed by atoms with E-state index in [1.165, 1.54) is 11.3 Å². The molecular formula is C12H17F3N2O2S2.